The fourth-order valence-electron chi connectivity index (χ4n) is 3.85. The molecule has 2 unspecified atom stereocenters. The number of carbonyl (C=O) groups excluding carboxylic acids is 2. The molecule has 2 aromatic heterocycles. The highest BCUT2D eigenvalue weighted by Crippen LogP contribution is 2.25. The van der Waals surface area contributed by atoms with E-state index in [-0.39, 0.29) is 11.8 Å². The van der Waals surface area contributed by atoms with Crippen LogP contribution in [0.5, 0.6) is 5.75 Å². The number of amides is 2. The molecule has 3 N–H and O–H groups in total. The molecule has 1 aromatic carbocycles. The zero-order valence-corrected chi connectivity index (χ0v) is 21.8. The third-order valence-electron chi connectivity index (χ3n) is 5.97. The van der Waals surface area contributed by atoms with Crippen LogP contribution in [0.3, 0.4) is 0 Å². The van der Waals surface area contributed by atoms with Crippen LogP contribution in [0, 0.1) is 18.8 Å². The van der Waals surface area contributed by atoms with E-state index >= 15 is 0 Å². The summed E-state index contributed by atoms with van der Waals surface area (Å²) >= 11 is 0. The lowest BCUT2D eigenvalue weighted by Crippen LogP contribution is -2.52. The quantitative estimate of drug-likeness (QED) is 0.326. The molecule has 0 bridgehead atoms. The minimum Gasteiger partial charge on any atom is -0.497 e. The van der Waals surface area contributed by atoms with E-state index in [9.17, 15) is 14.0 Å². The van der Waals surface area contributed by atoms with Crippen molar-refractivity contribution in [2.75, 3.05) is 25.5 Å². The highest BCUT2D eigenvalue weighted by molar-refractivity contribution is 5.89. The standard InChI is InChI=1S/C25H36FN7O3/c1-14(2)20(26)24(34)30-21(15(3)4)25(35)28-12-8-7-11-27-22-23-32-31-16(5)33(23)19-10-9-17(36-6)13-18(19)29-22/h9-10,13-15,20-21H,7-8,11-12H2,1-6H3,(H,27,29)(H,28,35)(H,30,34). The Labute approximate surface area is 210 Å². The Hall–Kier alpha value is -3.50. The molecule has 11 heteroatoms. The number of fused-ring (bicyclic) bond motifs is 3. The molecular formula is C25H36FN7O3. The average molecular weight is 502 g/mol. The Morgan fingerprint density at radius 1 is 1.06 bits per heavy atom. The number of carbonyl (C=O) groups is 2. The molecule has 2 amide bonds. The van der Waals surface area contributed by atoms with Gasteiger partial charge in [-0.1, -0.05) is 27.7 Å². The Kier molecular flexibility index (Phi) is 9.00. The molecule has 10 nitrogen and oxygen atoms in total. The summed E-state index contributed by atoms with van der Waals surface area (Å²) in [7, 11) is 1.61. The van der Waals surface area contributed by atoms with Crippen LogP contribution in [0.2, 0.25) is 0 Å². The molecule has 0 spiro atoms. The number of anilines is 1. The van der Waals surface area contributed by atoms with Gasteiger partial charge in [-0.15, -0.1) is 10.2 Å². The Balaban J connectivity index is 1.54. The summed E-state index contributed by atoms with van der Waals surface area (Å²) in [5.41, 5.74) is 2.29. The number of nitrogens with zero attached hydrogens (tertiary/aromatic N) is 4. The fourth-order valence-corrected chi connectivity index (χ4v) is 3.85. The number of hydrogen-bond donors (Lipinski definition) is 3. The van der Waals surface area contributed by atoms with E-state index in [1.165, 1.54) is 0 Å². The summed E-state index contributed by atoms with van der Waals surface area (Å²) in [6, 6.07) is 4.89. The van der Waals surface area contributed by atoms with Gasteiger partial charge in [0, 0.05) is 19.2 Å². The number of rotatable bonds is 12. The maximum Gasteiger partial charge on any atom is 0.255 e. The second-order valence-corrected chi connectivity index (χ2v) is 9.52. The van der Waals surface area contributed by atoms with Crippen molar-refractivity contribution in [2.24, 2.45) is 11.8 Å². The predicted molar refractivity (Wildman–Crippen MR) is 137 cm³/mol. The van der Waals surface area contributed by atoms with Crippen molar-refractivity contribution in [3.8, 4) is 5.75 Å². The van der Waals surface area contributed by atoms with Crippen molar-refractivity contribution in [1.29, 1.82) is 0 Å². The molecule has 0 radical (unpaired) electrons. The molecule has 196 valence electrons. The van der Waals surface area contributed by atoms with Crippen molar-refractivity contribution < 1.29 is 18.7 Å². The number of aromatic nitrogens is 4. The lowest BCUT2D eigenvalue weighted by molar-refractivity contribution is -0.133. The van der Waals surface area contributed by atoms with Gasteiger partial charge in [-0.2, -0.15) is 0 Å². The maximum atomic E-state index is 14.0. The summed E-state index contributed by atoms with van der Waals surface area (Å²) in [6.45, 7) is 9.82. The van der Waals surface area contributed by atoms with Crippen molar-refractivity contribution in [3.05, 3.63) is 24.0 Å². The number of unbranched alkanes of at least 4 members (excludes halogenated alkanes) is 1. The molecule has 0 aliphatic heterocycles. The van der Waals surface area contributed by atoms with Gasteiger partial charge in [0.15, 0.2) is 12.0 Å². The number of aryl methyl sites for hydroxylation is 1. The number of hydrogen-bond acceptors (Lipinski definition) is 7. The highest BCUT2D eigenvalue weighted by Gasteiger charge is 2.29. The average Bonchev–Trinajstić information content (AvgIpc) is 3.24. The normalized spacial score (nSPS) is 13.2. The molecule has 36 heavy (non-hydrogen) atoms. The molecule has 0 aliphatic carbocycles. The van der Waals surface area contributed by atoms with Crippen molar-refractivity contribution in [2.45, 2.75) is 59.7 Å². The summed E-state index contributed by atoms with van der Waals surface area (Å²) in [6.07, 6.45) is -0.176. The van der Waals surface area contributed by atoms with E-state index in [0.717, 1.165) is 23.3 Å². The monoisotopic (exact) mass is 501 g/mol. The number of halogens is 1. The smallest absolute Gasteiger partial charge is 0.255 e. The first kappa shape index (κ1) is 27.1. The second-order valence-electron chi connectivity index (χ2n) is 9.52. The first-order valence-electron chi connectivity index (χ1n) is 12.3. The topological polar surface area (TPSA) is 123 Å². The molecule has 0 aliphatic rings. The van der Waals surface area contributed by atoms with Crippen LogP contribution in [0.4, 0.5) is 10.2 Å². The summed E-state index contributed by atoms with van der Waals surface area (Å²) in [5.74, 6) is 0.411. The van der Waals surface area contributed by atoms with E-state index < -0.39 is 24.0 Å². The molecule has 3 aromatic rings. The van der Waals surface area contributed by atoms with Gasteiger partial charge in [-0.05, 0) is 43.7 Å². The number of methoxy groups -OCH3 is 1. The Morgan fingerprint density at radius 2 is 1.78 bits per heavy atom. The SMILES string of the molecule is COc1ccc2c(c1)nc(NCCCCNC(=O)C(NC(=O)C(F)C(C)C)C(C)C)c1nnc(C)n12. The van der Waals surface area contributed by atoms with Crippen LogP contribution >= 0.6 is 0 Å². The van der Waals surface area contributed by atoms with Crippen molar-refractivity contribution >= 4 is 34.3 Å². The van der Waals surface area contributed by atoms with Gasteiger partial charge in [0.1, 0.15) is 17.6 Å². The van der Waals surface area contributed by atoms with Gasteiger partial charge in [0.2, 0.25) is 11.6 Å². The van der Waals surface area contributed by atoms with Crippen molar-refractivity contribution in [1.82, 2.24) is 30.2 Å². The summed E-state index contributed by atoms with van der Waals surface area (Å²) in [4.78, 5) is 29.4. The lowest BCUT2D eigenvalue weighted by Gasteiger charge is -2.23. The van der Waals surface area contributed by atoms with Crippen LogP contribution < -0.4 is 20.7 Å². The molecule has 0 fully saturated rings. The maximum absolute atomic E-state index is 14.0. The minimum absolute atomic E-state index is 0.165. The van der Waals surface area contributed by atoms with Crippen LogP contribution in [-0.2, 0) is 9.59 Å². The number of nitrogens with one attached hydrogen (secondary N) is 3. The zero-order chi connectivity index (χ0) is 26.4. The van der Waals surface area contributed by atoms with Crippen LogP contribution in [0.15, 0.2) is 18.2 Å². The van der Waals surface area contributed by atoms with E-state index in [1.807, 2.05) is 43.4 Å². The Bertz CT molecular complexity index is 1210. The van der Waals surface area contributed by atoms with Crippen LogP contribution in [-0.4, -0.2) is 63.8 Å². The minimum atomic E-state index is -1.64. The van der Waals surface area contributed by atoms with Gasteiger partial charge in [-0.3, -0.25) is 14.0 Å². The van der Waals surface area contributed by atoms with E-state index in [4.69, 9.17) is 9.72 Å². The second kappa shape index (κ2) is 12.0. The van der Waals surface area contributed by atoms with Gasteiger partial charge < -0.3 is 20.7 Å². The first-order valence-corrected chi connectivity index (χ1v) is 12.3. The zero-order valence-electron chi connectivity index (χ0n) is 21.8. The molecule has 0 saturated carbocycles. The van der Waals surface area contributed by atoms with Crippen LogP contribution in [0.25, 0.3) is 16.7 Å². The van der Waals surface area contributed by atoms with Gasteiger partial charge in [-0.25, -0.2) is 9.37 Å². The number of alkyl halides is 1. The predicted octanol–water partition coefficient (Wildman–Crippen LogP) is 3.04. The highest BCUT2D eigenvalue weighted by atomic mass is 19.1. The van der Waals surface area contributed by atoms with E-state index in [0.29, 0.717) is 36.7 Å². The largest absolute Gasteiger partial charge is 0.497 e. The summed E-state index contributed by atoms with van der Waals surface area (Å²) in [5, 5.41) is 17.2. The van der Waals surface area contributed by atoms with Crippen LogP contribution in [0.1, 0.15) is 46.4 Å². The molecule has 0 saturated heterocycles. The number of ether oxygens (including phenoxy) is 1. The van der Waals surface area contributed by atoms with E-state index in [1.54, 1.807) is 21.0 Å². The third-order valence-corrected chi connectivity index (χ3v) is 5.97. The molecule has 2 heterocycles. The molecule has 3 rings (SSSR count). The van der Waals surface area contributed by atoms with Gasteiger partial charge in [0.25, 0.3) is 5.91 Å². The number of benzene rings is 1. The lowest BCUT2D eigenvalue weighted by atomic mass is 10.0. The summed E-state index contributed by atoms with van der Waals surface area (Å²) < 4.78 is 21.3. The van der Waals surface area contributed by atoms with Crippen molar-refractivity contribution in [3.63, 3.8) is 0 Å². The third kappa shape index (κ3) is 6.19. The van der Waals surface area contributed by atoms with Gasteiger partial charge >= 0.3 is 0 Å². The first-order chi connectivity index (χ1) is 17.1. The Morgan fingerprint density at radius 3 is 2.44 bits per heavy atom. The van der Waals surface area contributed by atoms with E-state index in [2.05, 4.69) is 26.1 Å². The molecular weight excluding hydrogens is 465 g/mol. The van der Waals surface area contributed by atoms with Gasteiger partial charge in [0.05, 0.1) is 18.1 Å². The molecule has 2 atom stereocenters. The fraction of sp³-hybridized carbons (Fsp3) is 0.560.